The van der Waals surface area contributed by atoms with Gasteiger partial charge in [0.2, 0.25) is 0 Å². The first-order valence-electron chi connectivity index (χ1n) is 7.25. The maximum atomic E-state index is 5.60. The largest absolute Gasteiger partial charge is 0.381 e. The maximum absolute atomic E-state index is 5.60. The lowest BCUT2D eigenvalue weighted by molar-refractivity contribution is 0.101. The zero-order valence-electron chi connectivity index (χ0n) is 11.9. The summed E-state index contributed by atoms with van der Waals surface area (Å²) in [5.41, 5.74) is 0. The molecule has 0 aromatic heterocycles. The summed E-state index contributed by atoms with van der Waals surface area (Å²) in [4.78, 5) is 2.56. The van der Waals surface area contributed by atoms with Gasteiger partial charge in [0.15, 0.2) is 0 Å². The van der Waals surface area contributed by atoms with Gasteiger partial charge in [-0.1, -0.05) is 20.8 Å². The minimum atomic E-state index is 0.657. The number of nitrogens with zero attached hydrogens (tertiary/aromatic N) is 1. The minimum Gasteiger partial charge on any atom is -0.381 e. The summed E-state index contributed by atoms with van der Waals surface area (Å²) in [6.07, 6.45) is 3.72. The van der Waals surface area contributed by atoms with Crippen LogP contribution in [0.25, 0.3) is 0 Å². The van der Waals surface area contributed by atoms with Crippen LogP contribution in [-0.4, -0.2) is 50.3 Å². The first kappa shape index (κ1) is 14.9. The van der Waals surface area contributed by atoms with Gasteiger partial charge in [0.1, 0.15) is 0 Å². The average molecular weight is 242 g/mol. The summed E-state index contributed by atoms with van der Waals surface area (Å²) in [5, 5.41) is 3.60. The lowest BCUT2D eigenvalue weighted by Gasteiger charge is -2.16. The van der Waals surface area contributed by atoms with Crippen molar-refractivity contribution in [1.29, 1.82) is 0 Å². The normalized spacial score (nSPS) is 21.5. The minimum absolute atomic E-state index is 0.657. The molecule has 3 nitrogen and oxygen atoms in total. The van der Waals surface area contributed by atoms with Crippen LogP contribution in [0, 0.1) is 5.92 Å². The van der Waals surface area contributed by atoms with Crippen LogP contribution in [0.5, 0.6) is 0 Å². The lowest BCUT2D eigenvalue weighted by atomic mass is 10.2. The van der Waals surface area contributed by atoms with E-state index in [1.54, 1.807) is 0 Å². The standard InChI is InChI=1S/C14H30N2O/c1-4-7-15-14-6-9-16(11-14)8-5-10-17-12-13(2)3/h13-15H,4-12H2,1-3H3. The maximum Gasteiger partial charge on any atom is 0.0489 e. The van der Waals surface area contributed by atoms with Gasteiger partial charge < -0.3 is 15.0 Å². The van der Waals surface area contributed by atoms with Gasteiger partial charge in [-0.05, 0) is 38.3 Å². The molecule has 1 N–H and O–H groups in total. The van der Waals surface area contributed by atoms with Gasteiger partial charge in [-0.15, -0.1) is 0 Å². The molecule has 0 aromatic rings. The SMILES string of the molecule is CCCNC1CCN(CCCOCC(C)C)C1. The molecule has 0 bridgehead atoms. The number of hydrogen-bond acceptors (Lipinski definition) is 3. The fourth-order valence-corrected chi connectivity index (χ4v) is 2.26. The zero-order chi connectivity index (χ0) is 12.5. The summed E-state index contributed by atoms with van der Waals surface area (Å²) in [6.45, 7) is 13.3. The Morgan fingerprint density at radius 2 is 2.24 bits per heavy atom. The van der Waals surface area contributed by atoms with Crippen molar-refractivity contribution in [1.82, 2.24) is 10.2 Å². The van der Waals surface area contributed by atoms with Gasteiger partial charge in [-0.25, -0.2) is 0 Å². The first-order chi connectivity index (χ1) is 8.22. The van der Waals surface area contributed by atoms with Gasteiger partial charge >= 0.3 is 0 Å². The van der Waals surface area contributed by atoms with E-state index in [1.165, 1.54) is 38.9 Å². The smallest absolute Gasteiger partial charge is 0.0489 e. The van der Waals surface area contributed by atoms with Crippen LogP contribution in [-0.2, 0) is 4.74 Å². The van der Waals surface area contributed by atoms with E-state index < -0.39 is 0 Å². The Bertz CT molecular complexity index is 185. The van der Waals surface area contributed by atoms with Crippen molar-refractivity contribution in [2.24, 2.45) is 5.92 Å². The molecule has 1 atom stereocenters. The molecule has 17 heavy (non-hydrogen) atoms. The summed E-state index contributed by atoms with van der Waals surface area (Å²) < 4.78 is 5.60. The van der Waals surface area contributed by atoms with E-state index in [-0.39, 0.29) is 0 Å². The van der Waals surface area contributed by atoms with Crippen molar-refractivity contribution in [2.75, 3.05) is 39.4 Å². The van der Waals surface area contributed by atoms with Crippen molar-refractivity contribution >= 4 is 0 Å². The quantitative estimate of drug-likeness (QED) is 0.627. The summed E-state index contributed by atoms with van der Waals surface area (Å²) in [7, 11) is 0. The molecule has 1 saturated heterocycles. The molecular formula is C14H30N2O. The van der Waals surface area contributed by atoms with E-state index in [4.69, 9.17) is 4.74 Å². The van der Waals surface area contributed by atoms with Crippen molar-refractivity contribution in [2.45, 2.75) is 46.1 Å². The highest BCUT2D eigenvalue weighted by atomic mass is 16.5. The number of ether oxygens (including phenoxy) is 1. The van der Waals surface area contributed by atoms with E-state index in [0.717, 1.165) is 25.8 Å². The van der Waals surface area contributed by atoms with Crippen LogP contribution < -0.4 is 5.32 Å². The lowest BCUT2D eigenvalue weighted by Crippen LogP contribution is -2.33. The summed E-state index contributed by atoms with van der Waals surface area (Å²) in [6, 6.07) is 0.728. The first-order valence-corrected chi connectivity index (χ1v) is 7.25. The Morgan fingerprint density at radius 1 is 1.41 bits per heavy atom. The zero-order valence-corrected chi connectivity index (χ0v) is 11.9. The monoisotopic (exact) mass is 242 g/mol. The Kier molecular flexibility index (Phi) is 7.82. The van der Waals surface area contributed by atoms with E-state index in [1.807, 2.05) is 0 Å². The highest BCUT2D eigenvalue weighted by Crippen LogP contribution is 2.09. The van der Waals surface area contributed by atoms with Crippen molar-refractivity contribution in [3.63, 3.8) is 0 Å². The molecule has 0 amide bonds. The molecule has 1 aliphatic rings. The van der Waals surface area contributed by atoms with Crippen LogP contribution in [0.1, 0.15) is 40.0 Å². The molecule has 0 aromatic carbocycles. The Labute approximate surface area is 107 Å². The second-order valence-corrected chi connectivity index (χ2v) is 5.56. The van der Waals surface area contributed by atoms with Gasteiger partial charge in [0, 0.05) is 32.3 Å². The van der Waals surface area contributed by atoms with E-state index >= 15 is 0 Å². The van der Waals surface area contributed by atoms with Crippen LogP contribution in [0.2, 0.25) is 0 Å². The predicted octanol–water partition coefficient (Wildman–Crippen LogP) is 2.12. The van der Waals surface area contributed by atoms with E-state index in [0.29, 0.717) is 5.92 Å². The van der Waals surface area contributed by atoms with Gasteiger partial charge in [-0.3, -0.25) is 0 Å². The Hall–Kier alpha value is -0.120. The number of likely N-dealkylation sites (tertiary alicyclic amines) is 1. The molecule has 102 valence electrons. The third kappa shape index (κ3) is 7.02. The van der Waals surface area contributed by atoms with Crippen LogP contribution in [0.15, 0.2) is 0 Å². The van der Waals surface area contributed by atoms with E-state index in [2.05, 4.69) is 31.0 Å². The van der Waals surface area contributed by atoms with Crippen LogP contribution in [0.4, 0.5) is 0 Å². The van der Waals surface area contributed by atoms with Gasteiger partial charge in [0.25, 0.3) is 0 Å². The average Bonchev–Trinajstić information content (AvgIpc) is 2.73. The molecule has 0 spiro atoms. The van der Waals surface area contributed by atoms with Crippen molar-refractivity contribution in [3.05, 3.63) is 0 Å². The third-order valence-electron chi connectivity index (χ3n) is 3.17. The van der Waals surface area contributed by atoms with Gasteiger partial charge in [-0.2, -0.15) is 0 Å². The molecule has 1 heterocycles. The fraction of sp³-hybridized carbons (Fsp3) is 1.00. The predicted molar refractivity (Wildman–Crippen MR) is 73.4 cm³/mol. The van der Waals surface area contributed by atoms with Crippen molar-refractivity contribution < 1.29 is 4.74 Å². The van der Waals surface area contributed by atoms with Crippen LogP contribution in [0.3, 0.4) is 0 Å². The summed E-state index contributed by atoms with van der Waals surface area (Å²) >= 11 is 0. The molecule has 0 saturated carbocycles. The Balaban J connectivity index is 1.94. The van der Waals surface area contributed by atoms with Crippen LogP contribution >= 0.6 is 0 Å². The highest BCUT2D eigenvalue weighted by molar-refractivity contribution is 4.80. The number of hydrogen-bond donors (Lipinski definition) is 1. The van der Waals surface area contributed by atoms with Crippen molar-refractivity contribution in [3.8, 4) is 0 Å². The Morgan fingerprint density at radius 3 is 2.94 bits per heavy atom. The molecule has 1 aliphatic heterocycles. The summed E-state index contributed by atoms with van der Waals surface area (Å²) in [5.74, 6) is 0.657. The number of nitrogens with one attached hydrogen (secondary N) is 1. The van der Waals surface area contributed by atoms with E-state index in [9.17, 15) is 0 Å². The second-order valence-electron chi connectivity index (χ2n) is 5.56. The molecular weight excluding hydrogens is 212 g/mol. The molecule has 3 heteroatoms. The van der Waals surface area contributed by atoms with Gasteiger partial charge in [0.05, 0.1) is 0 Å². The molecule has 0 aliphatic carbocycles. The molecule has 1 unspecified atom stereocenters. The molecule has 1 fully saturated rings. The molecule has 0 radical (unpaired) electrons. The topological polar surface area (TPSA) is 24.5 Å². The second kappa shape index (κ2) is 8.90. The fourth-order valence-electron chi connectivity index (χ4n) is 2.26. The third-order valence-corrected chi connectivity index (χ3v) is 3.17. The number of rotatable bonds is 9. The highest BCUT2D eigenvalue weighted by Gasteiger charge is 2.20. The molecule has 1 rings (SSSR count).